The van der Waals surface area contributed by atoms with Crippen LogP contribution in [0.4, 0.5) is 0 Å². The number of hydrogen-bond donors (Lipinski definition) is 0. The van der Waals surface area contributed by atoms with Crippen molar-refractivity contribution < 1.29 is 9.53 Å². The van der Waals surface area contributed by atoms with Crippen molar-refractivity contribution in [2.45, 2.75) is 18.9 Å². The molecule has 1 heterocycles. The van der Waals surface area contributed by atoms with Gasteiger partial charge in [0.1, 0.15) is 17.6 Å². The second kappa shape index (κ2) is 5.65. The molecule has 1 aromatic rings. The van der Waals surface area contributed by atoms with Gasteiger partial charge in [0.25, 0.3) is 0 Å². The number of benzene rings is 1. The molecule has 0 spiro atoms. The molecule has 0 aliphatic carbocycles. The summed E-state index contributed by atoms with van der Waals surface area (Å²) in [6.07, 6.45) is 1.09. The minimum absolute atomic E-state index is 0.286. The number of hydrogen-bond acceptors (Lipinski definition) is 4. The van der Waals surface area contributed by atoms with E-state index in [0.29, 0.717) is 25.9 Å². The van der Waals surface area contributed by atoms with Crippen LogP contribution < -0.4 is 4.74 Å². The molecule has 4 nitrogen and oxygen atoms in total. The zero-order chi connectivity index (χ0) is 13.0. The van der Waals surface area contributed by atoms with Crippen LogP contribution in [-0.4, -0.2) is 30.9 Å². The van der Waals surface area contributed by atoms with E-state index in [0.717, 1.165) is 11.3 Å². The van der Waals surface area contributed by atoms with Crippen molar-refractivity contribution in [3.05, 3.63) is 29.8 Å². The average Bonchev–Trinajstić information content (AvgIpc) is 2.42. The van der Waals surface area contributed by atoms with Crippen LogP contribution in [0.15, 0.2) is 24.3 Å². The maximum absolute atomic E-state index is 11.2. The molecule has 18 heavy (non-hydrogen) atoms. The van der Waals surface area contributed by atoms with Gasteiger partial charge in [0, 0.05) is 25.9 Å². The van der Waals surface area contributed by atoms with E-state index in [1.54, 1.807) is 7.11 Å². The quantitative estimate of drug-likeness (QED) is 0.815. The molecule has 1 atom stereocenters. The molecule has 0 N–H and O–H groups in total. The third kappa shape index (κ3) is 2.69. The maximum Gasteiger partial charge on any atom is 0.135 e. The van der Waals surface area contributed by atoms with Crippen molar-refractivity contribution in [2.75, 3.05) is 20.2 Å². The summed E-state index contributed by atoms with van der Waals surface area (Å²) in [5.74, 6) is 1.04. The first kappa shape index (κ1) is 12.6. The van der Waals surface area contributed by atoms with Crippen LogP contribution in [0.25, 0.3) is 0 Å². The smallest absolute Gasteiger partial charge is 0.135 e. The molecular weight excluding hydrogens is 228 g/mol. The van der Waals surface area contributed by atoms with Gasteiger partial charge in [-0.05, 0) is 17.7 Å². The van der Waals surface area contributed by atoms with Crippen molar-refractivity contribution in [1.29, 1.82) is 5.26 Å². The number of nitriles is 1. The first-order valence-corrected chi connectivity index (χ1v) is 6.04. The lowest BCUT2D eigenvalue weighted by Gasteiger charge is -2.30. The molecule has 0 amide bonds. The molecule has 0 bridgehead atoms. The van der Waals surface area contributed by atoms with E-state index in [1.807, 2.05) is 24.3 Å². The minimum Gasteiger partial charge on any atom is -0.497 e. The Morgan fingerprint density at radius 2 is 2.11 bits per heavy atom. The molecule has 0 radical (unpaired) electrons. The second-order valence-corrected chi connectivity index (χ2v) is 4.38. The fourth-order valence-corrected chi connectivity index (χ4v) is 2.21. The molecule has 0 aromatic heterocycles. The number of nitrogens with zero attached hydrogens (tertiary/aromatic N) is 2. The van der Waals surface area contributed by atoms with Crippen LogP contribution in [0.3, 0.4) is 0 Å². The number of methoxy groups -OCH3 is 1. The lowest BCUT2D eigenvalue weighted by Crippen LogP contribution is -2.36. The Hall–Kier alpha value is -1.86. The van der Waals surface area contributed by atoms with Gasteiger partial charge in [-0.3, -0.25) is 9.69 Å². The van der Waals surface area contributed by atoms with Crippen molar-refractivity contribution in [1.82, 2.24) is 4.90 Å². The Morgan fingerprint density at radius 3 is 2.72 bits per heavy atom. The van der Waals surface area contributed by atoms with E-state index in [9.17, 15) is 10.1 Å². The summed E-state index contributed by atoms with van der Waals surface area (Å²) in [6, 6.07) is 9.56. The Bertz CT molecular complexity index is 469. The molecule has 1 unspecified atom stereocenters. The molecule has 0 saturated carbocycles. The first-order chi connectivity index (χ1) is 8.74. The van der Waals surface area contributed by atoms with Crippen LogP contribution in [0, 0.1) is 11.3 Å². The number of Topliss-reactive ketones (excluding diaryl/α,β-unsaturated/α-hetero) is 1. The van der Waals surface area contributed by atoms with E-state index in [1.165, 1.54) is 0 Å². The van der Waals surface area contributed by atoms with Gasteiger partial charge in [0.15, 0.2) is 0 Å². The van der Waals surface area contributed by atoms with Gasteiger partial charge in [-0.15, -0.1) is 0 Å². The zero-order valence-corrected chi connectivity index (χ0v) is 10.4. The van der Waals surface area contributed by atoms with E-state index in [-0.39, 0.29) is 11.8 Å². The molecule has 1 aliphatic heterocycles. The summed E-state index contributed by atoms with van der Waals surface area (Å²) in [7, 11) is 1.61. The normalized spacial score (nSPS) is 18.1. The fraction of sp³-hybridized carbons (Fsp3) is 0.429. The van der Waals surface area contributed by atoms with Gasteiger partial charge < -0.3 is 4.74 Å². The second-order valence-electron chi connectivity index (χ2n) is 4.38. The fourth-order valence-electron chi connectivity index (χ4n) is 2.21. The minimum atomic E-state index is -0.298. The number of rotatable bonds is 3. The molecule has 2 rings (SSSR count). The van der Waals surface area contributed by atoms with Gasteiger partial charge in [0.2, 0.25) is 0 Å². The summed E-state index contributed by atoms with van der Waals surface area (Å²) in [5, 5.41) is 9.34. The Labute approximate surface area is 107 Å². The first-order valence-electron chi connectivity index (χ1n) is 6.04. The van der Waals surface area contributed by atoms with Crippen LogP contribution in [0.1, 0.15) is 24.4 Å². The summed E-state index contributed by atoms with van der Waals surface area (Å²) in [4.78, 5) is 13.3. The van der Waals surface area contributed by atoms with Gasteiger partial charge in [-0.1, -0.05) is 12.1 Å². The highest BCUT2D eigenvalue weighted by atomic mass is 16.5. The molecule has 1 aromatic carbocycles. The molecular formula is C14H16N2O2. The molecule has 1 fully saturated rings. The van der Waals surface area contributed by atoms with E-state index in [2.05, 4.69) is 11.0 Å². The number of ether oxygens (including phenoxy) is 1. The van der Waals surface area contributed by atoms with Crippen LogP contribution in [-0.2, 0) is 4.79 Å². The number of piperidine rings is 1. The van der Waals surface area contributed by atoms with Crippen molar-refractivity contribution in [3.63, 3.8) is 0 Å². The number of likely N-dealkylation sites (tertiary alicyclic amines) is 1. The van der Waals surface area contributed by atoms with Gasteiger partial charge in [0.05, 0.1) is 13.2 Å². The van der Waals surface area contributed by atoms with Crippen LogP contribution in [0.2, 0.25) is 0 Å². The van der Waals surface area contributed by atoms with Crippen LogP contribution in [0.5, 0.6) is 5.75 Å². The van der Waals surface area contributed by atoms with Gasteiger partial charge in [-0.2, -0.15) is 5.26 Å². The summed E-state index contributed by atoms with van der Waals surface area (Å²) >= 11 is 0. The molecule has 1 aliphatic rings. The molecule has 94 valence electrons. The highest BCUT2D eigenvalue weighted by Crippen LogP contribution is 2.25. The van der Waals surface area contributed by atoms with E-state index < -0.39 is 0 Å². The lowest BCUT2D eigenvalue weighted by molar-refractivity contribution is -0.121. The van der Waals surface area contributed by atoms with E-state index >= 15 is 0 Å². The Kier molecular flexibility index (Phi) is 3.96. The lowest BCUT2D eigenvalue weighted by atomic mass is 10.0. The summed E-state index contributed by atoms with van der Waals surface area (Å²) < 4.78 is 5.17. The number of carbonyl (C=O) groups is 1. The third-order valence-electron chi connectivity index (χ3n) is 3.25. The van der Waals surface area contributed by atoms with Crippen LogP contribution >= 0.6 is 0 Å². The standard InChI is InChI=1S/C14H16N2O2/c1-18-13-4-2-3-11(9-13)14(10-15)16-7-5-12(17)6-8-16/h2-4,9,14H,5-8H2,1H3. The number of carbonyl (C=O) groups excluding carboxylic acids is 1. The van der Waals surface area contributed by atoms with Crippen molar-refractivity contribution in [2.24, 2.45) is 0 Å². The van der Waals surface area contributed by atoms with Gasteiger partial charge >= 0.3 is 0 Å². The Balaban J connectivity index is 2.17. The van der Waals surface area contributed by atoms with Gasteiger partial charge in [-0.25, -0.2) is 0 Å². The third-order valence-corrected chi connectivity index (χ3v) is 3.25. The van der Waals surface area contributed by atoms with Crippen molar-refractivity contribution in [3.8, 4) is 11.8 Å². The molecule has 4 heteroatoms. The predicted octanol–water partition coefficient (Wildman–Crippen LogP) is 1.92. The SMILES string of the molecule is COc1cccc(C(C#N)N2CCC(=O)CC2)c1. The topological polar surface area (TPSA) is 53.3 Å². The van der Waals surface area contributed by atoms with Crippen molar-refractivity contribution >= 4 is 5.78 Å². The summed E-state index contributed by atoms with van der Waals surface area (Å²) in [5.41, 5.74) is 0.922. The number of ketones is 1. The highest BCUT2D eigenvalue weighted by molar-refractivity contribution is 5.79. The maximum atomic E-state index is 11.2. The predicted molar refractivity (Wildman–Crippen MR) is 67.2 cm³/mol. The zero-order valence-electron chi connectivity index (χ0n) is 10.4. The van der Waals surface area contributed by atoms with E-state index in [4.69, 9.17) is 4.74 Å². The average molecular weight is 244 g/mol. The monoisotopic (exact) mass is 244 g/mol. The highest BCUT2D eigenvalue weighted by Gasteiger charge is 2.24. The largest absolute Gasteiger partial charge is 0.497 e. The Morgan fingerprint density at radius 1 is 1.39 bits per heavy atom. The summed E-state index contributed by atoms with van der Waals surface area (Å²) in [6.45, 7) is 1.32. The molecule has 1 saturated heterocycles.